The maximum absolute atomic E-state index is 12.2. The minimum atomic E-state index is -0.0861. The molecule has 1 unspecified atom stereocenters. The number of aromatic nitrogens is 2. The fraction of sp³-hybridized carbons (Fsp3) is 0.250. The number of aryl methyl sites for hydroxylation is 2. The average molecular weight is 402 g/mol. The zero-order chi connectivity index (χ0) is 19.4. The van der Waals surface area contributed by atoms with E-state index in [4.69, 9.17) is 16.0 Å². The monoisotopic (exact) mass is 401 g/mol. The summed E-state index contributed by atoms with van der Waals surface area (Å²) < 4.78 is 5.60. The molecule has 0 saturated heterocycles. The third-order valence-electron chi connectivity index (χ3n) is 4.23. The smallest absolute Gasteiger partial charge is 0.277 e. The van der Waals surface area contributed by atoms with Gasteiger partial charge < -0.3 is 9.73 Å². The van der Waals surface area contributed by atoms with E-state index < -0.39 is 0 Å². The van der Waals surface area contributed by atoms with Gasteiger partial charge in [0.1, 0.15) is 0 Å². The van der Waals surface area contributed by atoms with Gasteiger partial charge in [0.2, 0.25) is 11.8 Å². The van der Waals surface area contributed by atoms with Gasteiger partial charge in [0, 0.05) is 10.6 Å². The first kappa shape index (κ1) is 19.5. The number of nitrogens with zero attached hydrogens (tertiary/aromatic N) is 2. The number of hydrogen-bond acceptors (Lipinski definition) is 5. The average Bonchev–Trinajstić information content (AvgIpc) is 3.12. The van der Waals surface area contributed by atoms with E-state index in [-0.39, 0.29) is 17.7 Å². The van der Waals surface area contributed by atoms with Crippen molar-refractivity contribution < 1.29 is 9.21 Å². The van der Waals surface area contributed by atoms with E-state index in [1.165, 1.54) is 22.9 Å². The second-order valence-corrected chi connectivity index (χ2v) is 7.66. The predicted octanol–water partition coefficient (Wildman–Crippen LogP) is 4.98. The molecule has 3 rings (SSSR count). The lowest BCUT2D eigenvalue weighted by Crippen LogP contribution is -2.28. The molecule has 1 amide bonds. The molecule has 0 aliphatic carbocycles. The van der Waals surface area contributed by atoms with Crippen LogP contribution in [0.4, 0.5) is 0 Å². The van der Waals surface area contributed by atoms with Gasteiger partial charge in [-0.3, -0.25) is 4.79 Å². The number of benzene rings is 2. The Kier molecular flexibility index (Phi) is 6.19. The fourth-order valence-electron chi connectivity index (χ4n) is 2.50. The molecule has 7 heteroatoms. The molecular weight excluding hydrogens is 382 g/mol. The molecule has 1 N–H and O–H groups in total. The van der Waals surface area contributed by atoms with Gasteiger partial charge in [-0.05, 0) is 61.7 Å². The first-order valence-electron chi connectivity index (χ1n) is 8.51. The third kappa shape index (κ3) is 5.11. The molecule has 27 heavy (non-hydrogen) atoms. The number of hydrogen-bond donors (Lipinski definition) is 1. The van der Waals surface area contributed by atoms with Gasteiger partial charge in [0.25, 0.3) is 5.22 Å². The molecule has 3 aromatic rings. The van der Waals surface area contributed by atoms with Crippen molar-refractivity contribution in [3.8, 4) is 11.5 Å². The number of nitrogens with one attached hydrogen (secondary N) is 1. The van der Waals surface area contributed by atoms with Crippen LogP contribution in [0.3, 0.4) is 0 Å². The second kappa shape index (κ2) is 8.59. The lowest BCUT2D eigenvalue weighted by atomic mass is 10.0. The largest absolute Gasteiger partial charge is 0.411 e. The number of thioether (sulfide) groups is 1. The summed E-state index contributed by atoms with van der Waals surface area (Å²) in [5.74, 6) is 0.521. The number of carbonyl (C=O) groups excluding carboxylic acids is 1. The molecule has 1 aromatic heterocycles. The Morgan fingerprint density at radius 1 is 1.15 bits per heavy atom. The van der Waals surface area contributed by atoms with Crippen molar-refractivity contribution in [1.82, 2.24) is 15.5 Å². The normalized spacial score (nSPS) is 12.0. The van der Waals surface area contributed by atoms with Crippen molar-refractivity contribution in [2.24, 2.45) is 0 Å². The van der Waals surface area contributed by atoms with E-state index in [2.05, 4.69) is 41.5 Å². The standard InChI is InChI=1S/C20H20ClN3O2S/c1-12-4-5-16(10-13(12)2)14(3)22-18(25)11-27-20-24-23-19(26-20)15-6-8-17(21)9-7-15/h4-10,14H,11H2,1-3H3,(H,22,25). The Labute approximate surface area is 167 Å². The summed E-state index contributed by atoms with van der Waals surface area (Å²) in [5.41, 5.74) is 4.31. The highest BCUT2D eigenvalue weighted by molar-refractivity contribution is 7.99. The molecule has 1 heterocycles. The van der Waals surface area contributed by atoms with Crippen LogP contribution in [0.2, 0.25) is 5.02 Å². The maximum Gasteiger partial charge on any atom is 0.277 e. The molecule has 0 bridgehead atoms. The molecule has 0 saturated carbocycles. The summed E-state index contributed by atoms with van der Waals surface area (Å²) in [5, 5.41) is 12.0. The molecule has 0 fully saturated rings. The lowest BCUT2D eigenvalue weighted by molar-refractivity contribution is -0.119. The van der Waals surface area contributed by atoms with E-state index in [0.29, 0.717) is 16.1 Å². The Hall–Kier alpha value is -2.31. The first-order valence-corrected chi connectivity index (χ1v) is 9.87. The number of rotatable bonds is 6. The molecule has 0 spiro atoms. The fourth-order valence-corrected chi connectivity index (χ4v) is 3.21. The zero-order valence-electron chi connectivity index (χ0n) is 15.3. The van der Waals surface area contributed by atoms with Crippen LogP contribution in [0.25, 0.3) is 11.5 Å². The molecular formula is C20H20ClN3O2S. The maximum atomic E-state index is 12.2. The van der Waals surface area contributed by atoms with Crippen molar-refractivity contribution in [1.29, 1.82) is 0 Å². The van der Waals surface area contributed by atoms with Crippen molar-refractivity contribution in [3.05, 3.63) is 64.2 Å². The van der Waals surface area contributed by atoms with E-state index >= 15 is 0 Å². The number of carbonyl (C=O) groups is 1. The van der Waals surface area contributed by atoms with Crippen LogP contribution in [0.15, 0.2) is 52.1 Å². The summed E-state index contributed by atoms with van der Waals surface area (Å²) in [7, 11) is 0. The number of amides is 1. The Morgan fingerprint density at radius 3 is 2.59 bits per heavy atom. The van der Waals surface area contributed by atoms with Crippen LogP contribution in [-0.4, -0.2) is 21.9 Å². The van der Waals surface area contributed by atoms with Gasteiger partial charge in [0.15, 0.2) is 0 Å². The minimum absolute atomic E-state index is 0.0651. The SMILES string of the molecule is Cc1ccc(C(C)NC(=O)CSc2nnc(-c3ccc(Cl)cc3)o2)cc1C. The molecule has 2 aromatic carbocycles. The molecule has 0 aliphatic heterocycles. The van der Waals surface area contributed by atoms with E-state index in [9.17, 15) is 4.79 Å². The summed E-state index contributed by atoms with van der Waals surface area (Å²) in [6.07, 6.45) is 0. The second-order valence-electron chi connectivity index (χ2n) is 6.30. The van der Waals surface area contributed by atoms with Crippen LogP contribution < -0.4 is 5.32 Å². The highest BCUT2D eigenvalue weighted by Crippen LogP contribution is 2.24. The lowest BCUT2D eigenvalue weighted by Gasteiger charge is -2.15. The van der Waals surface area contributed by atoms with Crippen LogP contribution in [0.5, 0.6) is 0 Å². The van der Waals surface area contributed by atoms with Gasteiger partial charge in [-0.15, -0.1) is 10.2 Å². The van der Waals surface area contributed by atoms with Crippen LogP contribution in [0, 0.1) is 13.8 Å². The van der Waals surface area contributed by atoms with Crippen molar-refractivity contribution in [3.63, 3.8) is 0 Å². The van der Waals surface area contributed by atoms with Crippen LogP contribution in [0.1, 0.15) is 29.7 Å². The van der Waals surface area contributed by atoms with E-state index in [1.54, 1.807) is 12.1 Å². The summed E-state index contributed by atoms with van der Waals surface area (Å²) in [6, 6.07) is 13.3. The van der Waals surface area contributed by atoms with E-state index in [0.717, 1.165) is 11.1 Å². The predicted molar refractivity (Wildman–Crippen MR) is 108 cm³/mol. The Bertz CT molecular complexity index is 941. The van der Waals surface area contributed by atoms with Crippen LogP contribution >= 0.6 is 23.4 Å². The van der Waals surface area contributed by atoms with Crippen LogP contribution in [-0.2, 0) is 4.79 Å². The van der Waals surface area contributed by atoms with Gasteiger partial charge >= 0.3 is 0 Å². The molecule has 0 radical (unpaired) electrons. The highest BCUT2D eigenvalue weighted by Gasteiger charge is 2.14. The minimum Gasteiger partial charge on any atom is -0.411 e. The molecule has 140 valence electrons. The van der Waals surface area contributed by atoms with Gasteiger partial charge in [0.05, 0.1) is 11.8 Å². The Morgan fingerprint density at radius 2 is 1.89 bits per heavy atom. The number of halogens is 1. The summed E-state index contributed by atoms with van der Waals surface area (Å²) in [6.45, 7) is 6.11. The summed E-state index contributed by atoms with van der Waals surface area (Å²) >= 11 is 7.09. The molecule has 1 atom stereocenters. The van der Waals surface area contributed by atoms with Gasteiger partial charge in [-0.2, -0.15) is 0 Å². The Balaban J connectivity index is 1.54. The summed E-state index contributed by atoms with van der Waals surface area (Å²) in [4.78, 5) is 12.2. The van der Waals surface area contributed by atoms with Gasteiger partial charge in [-0.25, -0.2) is 0 Å². The van der Waals surface area contributed by atoms with Crippen molar-refractivity contribution in [2.75, 3.05) is 5.75 Å². The van der Waals surface area contributed by atoms with Crippen molar-refractivity contribution in [2.45, 2.75) is 32.0 Å². The zero-order valence-corrected chi connectivity index (χ0v) is 16.9. The van der Waals surface area contributed by atoms with Gasteiger partial charge in [-0.1, -0.05) is 41.6 Å². The topological polar surface area (TPSA) is 68.0 Å². The quantitative estimate of drug-likeness (QED) is 0.590. The molecule has 0 aliphatic rings. The highest BCUT2D eigenvalue weighted by atomic mass is 35.5. The third-order valence-corrected chi connectivity index (χ3v) is 5.30. The van der Waals surface area contributed by atoms with Crippen molar-refractivity contribution >= 4 is 29.3 Å². The van der Waals surface area contributed by atoms with E-state index in [1.807, 2.05) is 25.1 Å². The molecule has 5 nitrogen and oxygen atoms in total. The first-order chi connectivity index (χ1) is 12.9.